The molecule has 0 amide bonds. The van der Waals surface area contributed by atoms with E-state index in [2.05, 4.69) is 0 Å². The first kappa shape index (κ1) is 16.9. The van der Waals surface area contributed by atoms with E-state index in [9.17, 15) is 8.42 Å². The topological polar surface area (TPSA) is 76.5 Å². The predicted octanol–water partition coefficient (Wildman–Crippen LogP) is 1.87. The van der Waals surface area contributed by atoms with E-state index in [1.165, 1.54) is 0 Å². The molecule has 1 aromatic rings. The van der Waals surface area contributed by atoms with E-state index in [0.717, 1.165) is 17.9 Å². The van der Waals surface area contributed by atoms with Crippen LogP contribution in [0, 0.1) is 0 Å². The molecule has 0 saturated carbocycles. The minimum absolute atomic E-state index is 0.145. The number of nitrogens with zero attached hydrogens (tertiary/aromatic N) is 1. The molecule has 1 aliphatic rings. The third-order valence-electron chi connectivity index (χ3n) is 4.01. The zero-order valence-corrected chi connectivity index (χ0v) is 14.2. The number of nitrogens with two attached hydrogens (primary N) is 1. The van der Waals surface area contributed by atoms with E-state index in [1.54, 1.807) is 24.9 Å². The number of furan rings is 1. The molecule has 2 N–H and O–H groups in total. The van der Waals surface area contributed by atoms with Crippen molar-refractivity contribution in [2.75, 3.05) is 23.8 Å². The summed E-state index contributed by atoms with van der Waals surface area (Å²) in [6.07, 6.45) is 2.39. The van der Waals surface area contributed by atoms with Crippen molar-refractivity contribution in [2.45, 2.75) is 37.7 Å². The van der Waals surface area contributed by atoms with Crippen molar-refractivity contribution >= 4 is 21.6 Å². The Hall–Kier alpha value is -0.500. The Bertz CT molecular complexity index is 530. The van der Waals surface area contributed by atoms with Crippen LogP contribution in [0.15, 0.2) is 22.8 Å². The fraction of sp³-hybridized carbons (Fsp3) is 0.714. The van der Waals surface area contributed by atoms with E-state index in [4.69, 9.17) is 10.2 Å². The van der Waals surface area contributed by atoms with Crippen LogP contribution in [0.4, 0.5) is 0 Å². The first-order chi connectivity index (χ1) is 10.0. The van der Waals surface area contributed by atoms with Crippen molar-refractivity contribution in [1.29, 1.82) is 0 Å². The summed E-state index contributed by atoms with van der Waals surface area (Å²) in [5.41, 5.74) is 6.28. The summed E-state index contributed by atoms with van der Waals surface area (Å²) < 4.78 is 30.4. The maximum Gasteiger partial charge on any atom is 0.166 e. The van der Waals surface area contributed by atoms with Gasteiger partial charge in [0, 0.05) is 29.8 Å². The van der Waals surface area contributed by atoms with Crippen LogP contribution in [-0.4, -0.2) is 48.5 Å². The van der Waals surface area contributed by atoms with Gasteiger partial charge >= 0.3 is 0 Å². The minimum atomic E-state index is -3.14. The number of thioether (sulfide) groups is 1. The summed E-state index contributed by atoms with van der Waals surface area (Å²) in [7, 11) is -3.14. The van der Waals surface area contributed by atoms with Gasteiger partial charge in [0.25, 0.3) is 0 Å². The van der Waals surface area contributed by atoms with Crippen molar-refractivity contribution in [3.05, 3.63) is 24.2 Å². The van der Waals surface area contributed by atoms with E-state index in [0.29, 0.717) is 12.3 Å². The molecule has 0 spiro atoms. The van der Waals surface area contributed by atoms with E-state index in [-0.39, 0.29) is 17.8 Å². The van der Waals surface area contributed by atoms with Crippen LogP contribution < -0.4 is 5.73 Å². The van der Waals surface area contributed by atoms with Gasteiger partial charge in [-0.3, -0.25) is 4.90 Å². The third-order valence-corrected chi connectivity index (χ3v) is 7.31. The summed E-state index contributed by atoms with van der Waals surface area (Å²) >= 11 is 1.69. The monoisotopic (exact) mass is 332 g/mol. The Morgan fingerprint density at radius 1 is 1.52 bits per heavy atom. The highest BCUT2D eigenvalue weighted by Crippen LogP contribution is 2.33. The van der Waals surface area contributed by atoms with Crippen LogP contribution in [0.1, 0.15) is 32.1 Å². The SMILES string of the molecule is CCC(N)C(c1ccco1)N1CCSCC1S(=O)(=O)CC. The number of rotatable bonds is 6. The van der Waals surface area contributed by atoms with Crippen LogP contribution in [0.2, 0.25) is 0 Å². The van der Waals surface area contributed by atoms with E-state index in [1.807, 2.05) is 24.0 Å². The molecule has 1 aromatic heterocycles. The Balaban J connectivity index is 2.36. The lowest BCUT2D eigenvalue weighted by Crippen LogP contribution is -2.53. The average Bonchev–Trinajstić information content (AvgIpc) is 3.01. The highest BCUT2D eigenvalue weighted by Gasteiger charge is 2.40. The van der Waals surface area contributed by atoms with Crippen molar-refractivity contribution in [1.82, 2.24) is 4.90 Å². The minimum Gasteiger partial charge on any atom is -0.468 e. The molecule has 1 aliphatic heterocycles. The van der Waals surface area contributed by atoms with Crippen LogP contribution in [0.5, 0.6) is 0 Å². The van der Waals surface area contributed by atoms with Gasteiger partial charge in [-0.25, -0.2) is 8.42 Å². The lowest BCUT2D eigenvalue weighted by molar-refractivity contribution is 0.144. The Kier molecular flexibility index (Phi) is 5.76. The van der Waals surface area contributed by atoms with Gasteiger partial charge in [0.1, 0.15) is 11.1 Å². The molecule has 1 saturated heterocycles. The molecule has 3 atom stereocenters. The molecule has 0 aromatic carbocycles. The quantitative estimate of drug-likeness (QED) is 0.857. The molecule has 0 radical (unpaired) electrons. The van der Waals surface area contributed by atoms with Crippen molar-refractivity contribution in [2.24, 2.45) is 5.73 Å². The molecule has 1 fully saturated rings. The van der Waals surface area contributed by atoms with Crippen LogP contribution in [0.3, 0.4) is 0 Å². The van der Waals surface area contributed by atoms with E-state index < -0.39 is 15.2 Å². The van der Waals surface area contributed by atoms with Gasteiger partial charge in [-0.1, -0.05) is 13.8 Å². The first-order valence-electron chi connectivity index (χ1n) is 7.35. The lowest BCUT2D eigenvalue weighted by atomic mass is 10.0. The Morgan fingerprint density at radius 3 is 2.86 bits per heavy atom. The summed E-state index contributed by atoms with van der Waals surface area (Å²) in [6, 6.07) is 3.38. The van der Waals surface area contributed by atoms with E-state index >= 15 is 0 Å². The lowest BCUT2D eigenvalue weighted by Gasteiger charge is -2.41. The van der Waals surface area contributed by atoms with Crippen molar-refractivity contribution in [3.8, 4) is 0 Å². The molecular weight excluding hydrogens is 308 g/mol. The normalized spacial score (nSPS) is 23.9. The molecule has 0 bridgehead atoms. The Morgan fingerprint density at radius 2 is 2.29 bits per heavy atom. The molecule has 2 heterocycles. The summed E-state index contributed by atoms with van der Waals surface area (Å²) in [5, 5.41) is -0.478. The number of hydrogen-bond acceptors (Lipinski definition) is 6. The summed E-state index contributed by atoms with van der Waals surface area (Å²) in [4.78, 5) is 2.03. The highest BCUT2D eigenvalue weighted by atomic mass is 32.2. The molecule has 7 heteroatoms. The largest absolute Gasteiger partial charge is 0.468 e. The second-order valence-corrected chi connectivity index (χ2v) is 8.85. The summed E-state index contributed by atoms with van der Waals surface area (Å²) in [6.45, 7) is 4.44. The summed E-state index contributed by atoms with van der Waals surface area (Å²) in [5.74, 6) is 2.43. The van der Waals surface area contributed by atoms with Gasteiger partial charge in [0.05, 0.1) is 12.3 Å². The third kappa shape index (κ3) is 3.64. The molecule has 21 heavy (non-hydrogen) atoms. The molecular formula is C14H24N2O3S2. The standard InChI is InChI=1S/C14H24N2O3S2/c1-3-11(15)14(12-6-5-8-19-12)16-7-9-20-10-13(16)21(17,18)4-2/h5-6,8,11,13-14H,3-4,7,9-10,15H2,1-2H3. The second kappa shape index (κ2) is 7.17. The number of hydrogen-bond donors (Lipinski definition) is 1. The zero-order chi connectivity index (χ0) is 15.5. The molecule has 2 rings (SSSR count). The van der Waals surface area contributed by atoms with Crippen molar-refractivity contribution in [3.63, 3.8) is 0 Å². The Labute approximate surface area is 131 Å². The average molecular weight is 332 g/mol. The zero-order valence-electron chi connectivity index (χ0n) is 12.6. The fourth-order valence-corrected chi connectivity index (χ4v) is 5.77. The van der Waals surface area contributed by atoms with Gasteiger partial charge in [-0.2, -0.15) is 11.8 Å². The van der Waals surface area contributed by atoms with Crippen molar-refractivity contribution < 1.29 is 12.8 Å². The maximum atomic E-state index is 12.4. The smallest absolute Gasteiger partial charge is 0.166 e. The highest BCUT2D eigenvalue weighted by molar-refractivity contribution is 8.01. The fourth-order valence-electron chi connectivity index (χ4n) is 2.72. The number of sulfone groups is 1. The van der Waals surface area contributed by atoms with Crippen LogP contribution in [0.25, 0.3) is 0 Å². The second-order valence-electron chi connectivity index (χ2n) is 5.25. The molecule has 5 nitrogen and oxygen atoms in total. The van der Waals surface area contributed by atoms with Gasteiger partial charge in [0.15, 0.2) is 9.84 Å². The van der Waals surface area contributed by atoms with Gasteiger partial charge in [-0.15, -0.1) is 0 Å². The van der Waals surface area contributed by atoms with Gasteiger partial charge < -0.3 is 10.2 Å². The van der Waals surface area contributed by atoms with Crippen LogP contribution in [-0.2, 0) is 9.84 Å². The van der Waals surface area contributed by atoms with Gasteiger partial charge in [-0.05, 0) is 18.6 Å². The molecule has 3 unspecified atom stereocenters. The maximum absolute atomic E-state index is 12.4. The molecule has 0 aliphatic carbocycles. The predicted molar refractivity (Wildman–Crippen MR) is 87.0 cm³/mol. The van der Waals surface area contributed by atoms with Crippen LogP contribution >= 0.6 is 11.8 Å². The van der Waals surface area contributed by atoms with Gasteiger partial charge in [0.2, 0.25) is 0 Å². The molecule has 120 valence electrons. The first-order valence-corrected chi connectivity index (χ1v) is 10.2.